The molecule has 1 aromatic carbocycles. The van der Waals surface area contributed by atoms with Crippen LogP contribution in [0.5, 0.6) is 0 Å². The Morgan fingerprint density at radius 2 is 2.21 bits per heavy atom. The normalized spacial score (nSPS) is 9.63. The van der Waals surface area contributed by atoms with Crippen LogP contribution in [-0.4, -0.2) is 16.1 Å². The number of nitriles is 1. The number of rotatable bonds is 4. The zero-order valence-electron chi connectivity index (χ0n) is 10.00. The average Bonchev–Trinajstić information content (AvgIpc) is 2.45. The Bertz CT molecular complexity index is 647. The SMILES string of the molecule is N#Cc1cccc(NCc2cc(C(=O)O)ccn2)c1. The van der Waals surface area contributed by atoms with Gasteiger partial charge in [-0.05, 0) is 30.3 Å². The fourth-order valence-electron chi connectivity index (χ4n) is 1.60. The van der Waals surface area contributed by atoms with Crippen molar-refractivity contribution in [3.05, 3.63) is 59.4 Å². The highest BCUT2D eigenvalue weighted by Crippen LogP contribution is 2.11. The topological polar surface area (TPSA) is 86.0 Å². The summed E-state index contributed by atoms with van der Waals surface area (Å²) in [5.74, 6) is -0.977. The van der Waals surface area contributed by atoms with E-state index in [1.54, 1.807) is 18.2 Å². The lowest BCUT2D eigenvalue weighted by Gasteiger charge is -2.06. The molecular formula is C14H11N3O2. The van der Waals surface area contributed by atoms with Crippen molar-refractivity contribution < 1.29 is 9.90 Å². The van der Waals surface area contributed by atoms with Crippen LogP contribution >= 0.6 is 0 Å². The summed E-state index contributed by atoms with van der Waals surface area (Å²) >= 11 is 0. The van der Waals surface area contributed by atoms with Gasteiger partial charge in [0.25, 0.3) is 0 Å². The van der Waals surface area contributed by atoms with Crippen molar-refractivity contribution in [2.24, 2.45) is 0 Å². The summed E-state index contributed by atoms with van der Waals surface area (Å²) in [6, 6.07) is 12.1. The van der Waals surface area contributed by atoms with Crippen LogP contribution in [0.15, 0.2) is 42.6 Å². The molecule has 0 aliphatic carbocycles. The Hall–Kier alpha value is -2.87. The molecule has 0 saturated heterocycles. The van der Waals surface area contributed by atoms with Crippen LogP contribution in [0.1, 0.15) is 21.6 Å². The first-order chi connectivity index (χ1) is 9.19. The molecule has 2 aromatic rings. The summed E-state index contributed by atoms with van der Waals surface area (Å²) in [5.41, 5.74) is 2.19. The number of nitrogens with zero attached hydrogens (tertiary/aromatic N) is 2. The van der Waals surface area contributed by atoms with Crippen LogP contribution in [0.3, 0.4) is 0 Å². The fraction of sp³-hybridized carbons (Fsp3) is 0.0714. The molecule has 0 aliphatic heterocycles. The van der Waals surface area contributed by atoms with E-state index in [4.69, 9.17) is 10.4 Å². The van der Waals surface area contributed by atoms with Gasteiger partial charge in [-0.25, -0.2) is 4.79 Å². The van der Waals surface area contributed by atoms with Crippen LogP contribution in [0.25, 0.3) is 0 Å². The molecule has 0 unspecified atom stereocenters. The first kappa shape index (κ1) is 12.6. The quantitative estimate of drug-likeness (QED) is 0.872. The minimum Gasteiger partial charge on any atom is -0.478 e. The van der Waals surface area contributed by atoms with Gasteiger partial charge in [0.2, 0.25) is 0 Å². The highest BCUT2D eigenvalue weighted by atomic mass is 16.4. The smallest absolute Gasteiger partial charge is 0.335 e. The van der Waals surface area contributed by atoms with E-state index >= 15 is 0 Å². The molecule has 0 bridgehead atoms. The number of hydrogen-bond acceptors (Lipinski definition) is 4. The minimum absolute atomic E-state index is 0.206. The number of benzene rings is 1. The van der Waals surface area contributed by atoms with Gasteiger partial charge in [0.05, 0.1) is 29.4 Å². The highest BCUT2D eigenvalue weighted by Gasteiger charge is 2.04. The number of aromatic nitrogens is 1. The Kier molecular flexibility index (Phi) is 3.74. The summed E-state index contributed by atoms with van der Waals surface area (Å²) in [5, 5.41) is 20.8. The van der Waals surface area contributed by atoms with E-state index in [1.807, 2.05) is 6.07 Å². The Balaban J connectivity index is 2.08. The van der Waals surface area contributed by atoms with E-state index in [9.17, 15) is 4.79 Å². The third-order valence-corrected chi connectivity index (χ3v) is 2.53. The van der Waals surface area contributed by atoms with Gasteiger partial charge < -0.3 is 10.4 Å². The van der Waals surface area contributed by atoms with Gasteiger partial charge in [-0.3, -0.25) is 4.98 Å². The maximum atomic E-state index is 10.8. The maximum Gasteiger partial charge on any atom is 0.335 e. The molecule has 0 saturated carbocycles. The van der Waals surface area contributed by atoms with Crippen LogP contribution in [0, 0.1) is 11.3 Å². The van der Waals surface area contributed by atoms with Crippen LogP contribution in [0.2, 0.25) is 0 Å². The Morgan fingerprint density at radius 3 is 2.95 bits per heavy atom. The zero-order valence-corrected chi connectivity index (χ0v) is 10.00. The first-order valence-corrected chi connectivity index (χ1v) is 5.61. The molecule has 2 N–H and O–H groups in total. The largest absolute Gasteiger partial charge is 0.478 e. The third-order valence-electron chi connectivity index (χ3n) is 2.53. The lowest BCUT2D eigenvalue weighted by molar-refractivity contribution is 0.0696. The van der Waals surface area contributed by atoms with Crippen molar-refractivity contribution in [1.82, 2.24) is 4.98 Å². The van der Waals surface area contributed by atoms with Gasteiger partial charge in [0.15, 0.2) is 0 Å². The van der Waals surface area contributed by atoms with Crippen LogP contribution < -0.4 is 5.32 Å². The Morgan fingerprint density at radius 1 is 1.37 bits per heavy atom. The van der Waals surface area contributed by atoms with Crippen molar-refractivity contribution in [2.45, 2.75) is 6.54 Å². The molecule has 1 heterocycles. The predicted molar refractivity (Wildman–Crippen MR) is 69.7 cm³/mol. The van der Waals surface area contributed by atoms with E-state index in [1.165, 1.54) is 18.3 Å². The van der Waals surface area contributed by atoms with E-state index in [2.05, 4.69) is 16.4 Å². The molecule has 5 nitrogen and oxygen atoms in total. The minimum atomic E-state index is -0.977. The molecule has 1 aromatic heterocycles. The average molecular weight is 253 g/mol. The van der Waals surface area contributed by atoms with Crippen molar-refractivity contribution >= 4 is 11.7 Å². The molecule has 0 amide bonds. The lowest BCUT2D eigenvalue weighted by Crippen LogP contribution is -2.04. The highest BCUT2D eigenvalue weighted by molar-refractivity contribution is 5.87. The monoisotopic (exact) mass is 253 g/mol. The molecule has 19 heavy (non-hydrogen) atoms. The molecule has 0 atom stereocenters. The van der Waals surface area contributed by atoms with E-state index in [-0.39, 0.29) is 5.56 Å². The second kappa shape index (κ2) is 5.65. The van der Waals surface area contributed by atoms with Gasteiger partial charge in [-0.15, -0.1) is 0 Å². The van der Waals surface area contributed by atoms with Gasteiger partial charge in [-0.1, -0.05) is 6.07 Å². The van der Waals surface area contributed by atoms with Crippen molar-refractivity contribution in [3.8, 4) is 6.07 Å². The van der Waals surface area contributed by atoms with Gasteiger partial charge in [0.1, 0.15) is 0 Å². The molecule has 0 fully saturated rings. The number of carbonyl (C=O) groups is 1. The summed E-state index contributed by atoms with van der Waals surface area (Å²) in [6.07, 6.45) is 1.46. The molecule has 0 radical (unpaired) electrons. The van der Waals surface area contributed by atoms with Gasteiger partial charge in [0, 0.05) is 11.9 Å². The lowest BCUT2D eigenvalue weighted by atomic mass is 10.2. The molecule has 94 valence electrons. The van der Waals surface area contributed by atoms with E-state index in [0.29, 0.717) is 17.8 Å². The number of aromatic carboxylic acids is 1. The number of hydrogen-bond donors (Lipinski definition) is 2. The molecular weight excluding hydrogens is 242 g/mol. The Labute approximate surface area is 110 Å². The second-order valence-corrected chi connectivity index (χ2v) is 3.89. The number of anilines is 1. The standard InChI is InChI=1S/C14H11N3O2/c15-8-10-2-1-3-12(6-10)17-9-13-7-11(14(18)19)4-5-16-13/h1-7,17H,9H2,(H,18,19). The number of carboxylic acids is 1. The van der Waals surface area contributed by atoms with E-state index in [0.717, 1.165) is 5.69 Å². The zero-order chi connectivity index (χ0) is 13.7. The van der Waals surface area contributed by atoms with Gasteiger partial charge in [-0.2, -0.15) is 5.26 Å². The molecule has 2 rings (SSSR count). The third kappa shape index (κ3) is 3.30. The number of nitrogens with one attached hydrogen (secondary N) is 1. The second-order valence-electron chi connectivity index (χ2n) is 3.89. The molecule has 0 spiro atoms. The van der Waals surface area contributed by atoms with Crippen molar-refractivity contribution in [2.75, 3.05) is 5.32 Å². The van der Waals surface area contributed by atoms with Gasteiger partial charge >= 0.3 is 5.97 Å². The van der Waals surface area contributed by atoms with Crippen LogP contribution in [0.4, 0.5) is 5.69 Å². The molecule has 0 aliphatic rings. The summed E-state index contributed by atoms with van der Waals surface area (Å²) in [6.45, 7) is 0.399. The summed E-state index contributed by atoms with van der Waals surface area (Å²) in [7, 11) is 0. The number of carboxylic acid groups (broad SMARTS) is 1. The molecule has 5 heteroatoms. The predicted octanol–water partition coefficient (Wildman–Crippen LogP) is 2.26. The first-order valence-electron chi connectivity index (χ1n) is 5.61. The van der Waals surface area contributed by atoms with Crippen molar-refractivity contribution in [3.63, 3.8) is 0 Å². The number of pyridine rings is 1. The fourth-order valence-corrected chi connectivity index (χ4v) is 1.60. The van der Waals surface area contributed by atoms with Crippen LogP contribution in [-0.2, 0) is 6.54 Å². The summed E-state index contributed by atoms with van der Waals surface area (Å²) in [4.78, 5) is 14.9. The summed E-state index contributed by atoms with van der Waals surface area (Å²) < 4.78 is 0. The van der Waals surface area contributed by atoms with E-state index < -0.39 is 5.97 Å². The van der Waals surface area contributed by atoms with Crippen molar-refractivity contribution in [1.29, 1.82) is 5.26 Å². The maximum absolute atomic E-state index is 10.8.